The van der Waals surface area contributed by atoms with Gasteiger partial charge in [-0.2, -0.15) is 0 Å². The number of fused-ring (bicyclic) bond motifs is 1. The average Bonchev–Trinajstić information content (AvgIpc) is 2.54. The molecule has 0 heterocycles. The third-order valence-electron chi connectivity index (χ3n) is 3.34. The lowest BCUT2D eigenvalue weighted by Gasteiger charge is -2.06. The van der Waals surface area contributed by atoms with Crippen molar-refractivity contribution in [1.29, 1.82) is 0 Å². The van der Waals surface area contributed by atoms with Crippen LogP contribution >= 0.6 is 0 Å². The van der Waals surface area contributed by atoms with Gasteiger partial charge in [0.2, 0.25) is 10.0 Å². The van der Waals surface area contributed by atoms with E-state index in [0.29, 0.717) is 22.4 Å². The number of nitrogens with zero attached hydrogens (tertiary/aromatic N) is 2. The molecule has 0 bridgehead atoms. The van der Waals surface area contributed by atoms with Crippen molar-refractivity contribution < 1.29 is 13.5 Å². The van der Waals surface area contributed by atoms with Crippen LogP contribution in [0.25, 0.3) is 10.8 Å². The minimum Gasteiger partial charge on any atom is -0.505 e. The van der Waals surface area contributed by atoms with Crippen LogP contribution in [-0.4, -0.2) is 19.8 Å². The van der Waals surface area contributed by atoms with Gasteiger partial charge in [0, 0.05) is 5.39 Å². The number of para-hydroxylation sites is 1. The predicted octanol–water partition coefficient (Wildman–Crippen LogP) is 4.33. The van der Waals surface area contributed by atoms with E-state index in [2.05, 4.69) is 15.0 Å². The molecule has 0 aliphatic heterocycles. The van der Waals surface area contributed by atoms with Crippen LogP contribution in [0.3, 0.4) is 0 Å². The molecular formula is C17H15N3O3S. The first-order chi connectivity index (χ1) is 11.4. The van der Waals surface area contributed by atoms with Crippen LogP contribution < -0.4 is 4.72 Å². The lowest BCUT2D eigenvalue weighted by Crippen LogP contribution is -2.09. The third kappa shape index (κ3) is 3.52. The molecule has 0 fully saturated rings. The summed E-state index contributed by atoms with van der Waals surface area (Å²) >= 11 is 0. The van der Waals surface area contributed by atoms with Gasteiger partial charge in [-0.15, -0.1) is 10.2 Å². The zero-order valence-electron chi connectivity index (χ0n) is 12.8. The van der Waals surface area contributed by atoms with Crippen LogP contribution in [-0.2, 0) is 10.0 Å². The number of azo groups is 1. The van der Waals surface area contributed by atoms with Gasteiger partial charge in [0.25, 0.3) is 0 Å². The van der Waals surface area contributed by atoms with Crippen LogP contribution in [0.2, 0.25) is 0 Å². The first kappa shape index (κ1) is 15.9. The molecular weight excluding hydrogens is 326 g/mol. The van der Waals surface area contributed by atoms with Crippen molar-refractivity contribution in [1.82, 2.24) is 0 Å². The van der Waals surface area contributed by atoms with E-state index in [1.54, 1.807) is 36.4 Å². The number of sulfonamides is 1. The van der Waals surface area contributed by atoms with Crippen molar-refractivity contribution in [2.75, 3.05) is 11.0 Å². The van der Waals surface area contributed by atoms with Gasteiger partial charge in [-0.1, -0.05) is 42.5 Å². The Hall–Kier alpha value is -2.93. The van der Waals surface area contributed by atoms with E-state index < -0.39 is 10.0 Å². The summed E-state index contributed by atoms with van der Waals surface area (Å²) in [6, 6.07) is 17.5. The number of rotatable bonds is 4. The fourth-order valence-electron chi connectivity index (χ4n) is 2.28. The summed E-state index contributed by atoms with van der Waals surface area (Å²) in [7, 11) is -3.42. The molecule has 0 saturated carbocycles. The molecule has 0 aliphatic rings. The van der Waals surface area contributed by atoms with Crippen LogP contribution in [0.4, 0.5) is 17.1 Å². The Morgan fingerprint density at radius 2 is 1.54 bits per heavy atom. The molecule has 0 atom stereocenters. The molecule has 3 rings (SSSR count). The van der Waals surface area contributed by atoms with Crippen LogP contribution in [0.5, 0.6) is 5.75 Å². The fourth-order valence-corrected chi connectivity index (χ4v) is 2.85. The Kier molecular flexibility index (Phi) is 4.18. The Bertz CT molecular complexity index is 1030. The SMILES string of the molecule is CS(=O)(=O)Nc1ccccc1N=Nc1ccc2ccccc2c1O. The zero-order valence-corrected chi connectivity index (χ0v) is 13.7. The second-order valence-corrected chi connectivity index (χ2v) is 6.99. The second kappa shape index (κ2) is 6.29. The summed E-state index contributed by atoms with van der Waals surface area (Å²) in [6.45, 7) is 0. The van der Waals surface area contributed by atoms with Crippen LogP contribution in [0.15, 0.2) is 70.9 Å². The number of benzene rings is 3. The van der Waals surface area contributed by atoms with Gasteiger partial charge in [-0.3, -0.25) is 4.72 Å². The van der Waals surface area contributed by atoms with Crippen LogP contribution in [0.1, 0.15) is 0 Å². The molecule has 0 saturated heterocycles. The maximum absolute atomic E-state index is 11.4. The molecule has 122 valence electrons. The monoisotopic (exact) mass is 341 g/mol. The number of anilines is 1. The normalized spacial score (nSPS) is 11.9. The largest absolute Gasteiger partial charge is 0.505 e. The molecule has 2 N–H and O–H groups in total. The molecule has 0 radical (unpaired) electrons. The minimum atomic E-state index is -3.42. The number of hydrogen-bond donors (Lipinski definition) is 2. The number of phenols is 1. The third-order valence-corrected chi connectivity index (χ3v) is 3.93. The van der Waals surface area contributed by atoms with Gasteiger partial charge in [-0.25, -0.2) is 8.42 Å². The highest BCUT2D eigenvalue weighted by Crippen LogP contribution is 2.36. The average molecular weight is 341 g/mol. The summed E-state index contributed by atoms with van der Waals surface area (Å²) in [6.07, 6.45) is 1.07. The highest BCUT2D eigenvalue weighted by atomic mass is 32.2. The van der Waals surface area contributed by atoms with E-state index in [1.807, 2.05) is 24.3 Å². The molecule has 0 aliphatic carbocycles. The van der Waals surface area contributed by atoms with Crippen LogP contribution in [0, 0.1) is 0 Å². The molecule has 3 aromatic carbocycles. The maximum Gasteiger partial charge on any atom is 0.229 e. The molecule has 0 unspecified atom stereocenters. The van der Waals surface area contributed by atoms with E-state index in [0.717, 1.165) is 11.6 Å². The van der Waals surface area contributed by atoms with Crippen molar-refractivity contribution in [3.05, 3.63) is 60.7 Å². The standard InChI is InChI=1S/C17H15N3O3S/c1-24(22,23)20-15-9-5-4-8-14(15)18-19-16-11-10-12-6-2-3-7-13(12)17(16)21/h2-11,20-21H,1H3. The Morgan fingerprint density at radius 3 is 2.33 bits per heavy atom. The van der Waals surface area contributed by atoms with E-state index in [1.165, 1.54) is 0 Å². The predicted molar refractivity (Wildman–Crippen MR) is 94.7 cm³/mol. The molecule has 24 heavy (non-hydrogen) atoms. The second-order valence-electron chi connectivity index (χ2n) is 5.25. The molecule has 0 amide bonds. The van der Waals surface area contributed by atoms with Crippen molar-refractivity contribution in [2.24, 2.45) is 10.2 Å². The molecule has 3 aromatic rings. The molecule has 0 spiro atoms. The Morgan fingerprint density at radius 1 is 0.875 bits per heavy atom. The van der Waals surface area contributed by atoms with E-state index in [9.17, 15) is 13.5 Å². The van der Waals surface area contributed by atoms with Crippen molar-refractivity contribution in [3.8, 4) is 5.75 Å². The smallest absolute Gasteiger partial charge is 0.229 e. The molecule has 0 aromatic heterocycles. The van der Waals surface area contributed by atoms with Gasteiger partial charge >= 0.3 is 0 Å². The number of phenolic OH excluding ortho intramolecular Hbond substituents is 1. The summed E-state index contributed by atoms with van der Waals surface area (Å²) in [5, 5.41) is 20.0. The fraction of sp³-hybridized carbons (Fsp3) is 0.0588. The first-order valence-electron chi connectivity index (χ1n) is 7.13. The summed E-state index contributed by atoms with van der Waals surface area (Å²) in [4.78, 5) is 0. The number of nitrogens with one attached hydrogen (secondary N) is 1. The zero-order chi connectivity index (χ0) is 17.2. The van der Waals surface area contributed by atoms with E-state index in [-0.39, 0.29) is 5.75 Å². The number of hydrogen-bond acceptors (Lipinski definition) is 5. The lowest BCUT2D eigenvalue weighted by atomic mass is 10.1. The van der Waals surface area contributed by atoms with Crippen molar-refractivity contribution >= 4 is 37.9 Å². The van der Waals surface area contributed by atoms with Gasteiger partial charge < -0.3 is 5.11 Å². The minimum absolute atomic E-state index is 0.0328. The van der Waals surface area contributed by atoms with E-state index in [4.69, 9.17) is 0 Å². The van der Waals surface area contributed by atoms with Gasteiger partial charge in [0.15, 0.2) is 5.75 Å². The summed E-state index contributed by atoms with van der Waals surface area (Å²) in [5.41, 5.74) is 0.988. The molecule has 7 heteroatoms. The van der Waals surface area contributed by atoms with Crippen molar-refractivity contribution in [3.63, 3.8) is 0 Å². The van der Waals surface area contributed by atoms with E-state index >= 15 is 0 Å². The summed E-state index contributed by atoms with van der Waals surface area (Å²) in [5.74, 6) is 0.0328. The van der Waals surface area contributed by atoms with Gasteiger partial charge in [0.05, 0.1) is 11.9 Å². The Balaban J connectivity index is 1.99. The maximum atomic E-state index is 11.4. The topological polar surface area (TPSA) is 91.1 Å². The highest BCUT2D eigenvalue weighted by Gasteiger charge is 2.08. The van der Waals surface area contributed by atoms with Gasteiger partial charge in [-0.05, 0) is 23.6 Å². The Labute approximate surface area is 139 Å². The lowest BCUT2D eigenvalue weighted by molar-refractivity contribution is 0.482. The quantitative estimate of drug-likeness (QED) is 0.692. The number of aromatic hydroxyl groups is 1. The van der Waals surface area contributed by atoms with Crippen molar-refractivity contribution in [2.45, 2.75) is 0 Å². The molecule has 6 nitrogen and oxygen atoms in total. The van der Waals surface area contributed by atoms with Gasteiger partial charge in [0.1, 0.15) is 11.4 Å². The first-order valence-corrected chi connectivity index (χ1v) is 9.02. The summed E-state index contributed by atoms with van der Waals surface area (Å²) < 4.78 is 25.2. The highest BCUT2D eigenvalue weighted by molar-refractivity contribution is 7.92.